The van der Waals surface area contributed by atoms with Gasteiger partial charge in [-0.2, -0.15) is 9.97 Å². The van der Waals surface area contributed by atoms with Crippen LogP contribution in [0.5, 0.6) is 11.8 Å². The van der Waals surface area contributed by atoms with E-state index in [1.165, 1.54) is 13.2 Å². The fourth-order valence-electron chi connectivity index (χ4n) is 9.60. The van der Waals surface area contributed by atoms with Crippen LogP contribution < -0.4 is 14.4 Å². The van der Waals surface area contributed by atoms with E-state index in [9.17, 15) is 4.79 Å². The number of pyridine rings is 1. The van der Waals surface area contributed by atoms with Crippen LogP contribution in [-0.2, 0) is 25.4 Å². The van der Waals surface area contributed by atoms with Gasteiger partial charge in [0.25, 0.3) is 0 Å². The number of ether oxygens (including phenoxy) is 6. The minimum Gasteiger partial charge on any atom is -0.468 e. The van der Waals surface area contributed by atoms with Crippen molar-refractivity contribution in [1.29, 1.82) is 0 Å². The molecular weight excluding hydrogens is 738 g/mol. The van der Waals surface area contributed by atoms with Crippen molar-refractivity contribution in [1.82, 2.24) is 24.8 Å². The Labute approximate surface area is 331 Å². The van der Waals surface area contributed by atoms with Gasteiger partial charge in [-0.25, -0.2) is 13.6 Å². The lowest BCUT2D eigenvalue weighted by molar-refractivity contribution is -0.0819. The Balaban J connectivity index is 1.20. The highest BCUT2D eigenvalue weighted by Crippen LogP contribution is 2.45. The fraction of sp³-hybridized carbons (Fsp3) is 0.571. The van der Waals surface area contributed by atoms with Crippen LogP contribution in [0.3, 0.4) is 0 Å². The van der Waals surface area contributed by atoms with Gasteiger partial charge in [0.2, 0.25) is 0 Å². The summed E-state index contributed by atoms with van der Waals surface area (Å²) in [4.78, 5) is 33.2. The van der Waals surface area contributed by atoms with Gasteiger partial charge < -0.3 is 38.2 Å². The van der Waals surface area contributed by atoms with E-state index in [1.54, 1.807) is 43.5 Å². The molecule has 5 atom stereocenters. The fourth-order valence-corrected chi connectivity index (χ4v) is 9.60. The number of anilines is 1. The van der Waals surface area contributed by atoms with Crippen LogP contribution in [0.4, 0.5) is 19.4 Å². The molecule has 0 N–H and O–H groups in total. The Morgan fingerprint density at radius 1 is 1.04 bits per heavy atom. The van der Waals surface area contributed by atoms with Crippen molar-refractivity contribution in [3.63, 3.8) is 0 Å². The molecule has 3 aliphatic heterocycles. The maximum absolute atomic E-state index is 17.4. The summed E-state index contributed by atoms with van der Waals surface area (Å²) in [6, 6.07) is 6.59. The lowest BCUT2D eigenvalue weighted by Gasteiger charge is -2.35. The molecule has 3 saturated heterocycles. The number of aryl methyl sites for hydroxylation is 1. The summed E-state index contributed by atoms with van der Waals surface area (Å²) < 4.78 is 67.5. The highest BCUT2D eigenvalue weighted by molar-refractivity contribution is 6.01. The molecule has 1 saturated carbocycles. The Bertz CT molecular complexity index is 2130. The number of piperidine rings is 1. The maximum atomic E-state index is 17.4. The highest BCUT2D eigenvalue weighted by atomic mass is 19.1. The summed E-state index contributed by atoms with van der Waals surface area (Å²) in [5, 5.41) is 1.68. The third kappa shape index (κ3) is 7.43. The predicted molar refractivity (Wildman–Crippen MR) is 209 cm³/mol. The molecule has 4 aliphatic rings. The first kappa shape index (κ1) is 39.4. The standard InChI is InChI=1S/C42H52F2N6O7/c1-6-29-32(43)10-9-26-17-28(55-23-52-4)18-30(35(26)29)37-36(44)38-31(19-45-37)39(49-20-25-15-27(21-49)33(16-25)56-24-53-5)47-40(46-38)54-22-42-12-8-14-50(42)34(11-13-42)57-41(51)48(3)7-2/h9-10,17-19,25,27,33-34H,6-8,11-16,20-24H2,1-5H3/t25?,27?,33?,34-,42+/m0/s1. The molecule has 5 heterocycles. The van der Waals surface area contributed by atoms with E-state index >= 15 is 8.78 Å². The van der Waals surface area contributed by atoms with Crippen molar-refractivity contribution < 1.29 is 42.0 Å². The highest BCUT2D eigenvalue weighted by Gasteiger charge is 2.52. The molecule has 1 amide bonds. The number of fused-ring (bicyclic) bond motifs is 5. The number of aromatic nitrogens is 3. The lowest BCUT2D eigenvalue weighted by Crippen LogP contribution is -2.48. The maximum Gasteiger partial charge on any atom is 0.411 e. The van der Waals surface area contributed by atoms with Gasteiger partial charge in [0, 0.05) is 71.5 Å². The van der Waals surface area contributed by atoms with E-state index < -0.39 is 5.82 Å². The zero-order valence-corrected chi connectivity index (χ0v) is 33.4. The summed E-state index contributed by atoms with van der Waals surface area (Å²) in [5.74, 6) is 0.512. The summed E-state index contributed by atoms with van der Waals surface area (Å²) in [5.41, 5.74) is 0.514. The quantitative estimate of drug-likeness (QED) is 0.123. The average molecular weight is 791 g/mol. The Hall–Kier alpha value is -4.44. The zero-order chi connectivity index (χ0) is 39.8. The van der Waals surface area contributed by atoms with Crippen molar-refractivity contribution in [3.8, 4) is 23.0 Å². The molecule has 306 valence electrons. The first-order chi connectivity index (χ1) is 27.7. The Morgan fingerprint density at radius 2 is 1.88 bits per heavy atom. The largest absolute Gasteiger partial charge is 0.468 e. The molecule has 4 aromatic rings. The van der Waals surface area contributed by atoms with Gasteiger partial charge in [0.05, 0.1) is 17.0 Å². The van der Waals surface area contributed by atoms with E-state index in [2.05, 4.69) is 9.80 Å². The van der Waals surface area contributed by atoms with E-state index in [0.29, 0.717) is 77.2 Å². The number of carbonyl (C=O) groups is 1. The summed E-state index contributed by atoms with van der Waals surface area (Å²) in [6.07, 6.45) is 6.51. The Morgan fingerprint density at radius 3 is 2.67 bits per heavy atom. The number of amides is 1. The minimum absolute atomic E-state index is 0.0102. The first-order valence-electron chi connectivity index (χ1n) is 20.1. The Kier molecular flexibility index (Phi) is 11.4. The van der Waals surface area contributed by atoms with Crippen LogP contribution in [0.15, 0.2) is 30.5 Å². The summed E-state index contributed by atoms with van der Waals surface area (Å²) in [6.45, 7) is 6.91. The van der Waals surface area contributed by atoms with Gasteiger partial charge in [0.1, 0.15) is 42.0 Å². The lowest BCUT2D eigenvalue weighted by atomic mass is 9.94. The predicted octanol–water partition coefficient (Wildman–Crippen LogP) is 6.93. The molecule has 8 rings (SSSR count). The topological polar surface area (TPSA) is 121 Å². The number of halogens is 2. The van der Waals surface area contributed by atoms with Gasteiger partial charge in [0.15, 0.2) is 18.8 Å². The molecule has 4 fully saturated rings. The third-order valence-electron chi connectivity index (χ3n) is 12.4. The van der Waals surface area contributed by atoms with Crippen molar-refractivity contribution in [2.24, 2.45) is 11.8 Å². The van der Waals surface area contributed by atoms with Crippen LogP contribution in [0.2, 0.25) is 0 Å². The van der Waals surface area contributed by atoms with Crippen molar-refractivity contribution in [3.05, 3.63) is 47.7 Å². The molecule has 3 unspecified atom stereocenters. The first-order valence-corrected chi connectivity index (χ1v) is 20.1. The molecule has 2 aromatic carbocycles. The van der Waals surface area contributed by atoms with E-state index in [1.807, 2.05) is 13.8 Å². The monoisotopic (exact) mass is 790 g/mol. The summed E-state index contributed by atoms with van der Waals surface area (Å²) in [7, 11) is 4.86. The van der Waals surface area contributed by atoms with E-state index in [-0.39, 0.29) is 73.1 Å². The van der Waals surface area contributed by atoms with Crippen LogP contribution in [0, 0.1) is 23.5 Å². The second kappa shape index (κ2) is 16.4. The average Bonchev–Trinajstić information content (AvgIpc) is 3.88. The van der Waals surface area contributed by atoms with E-state index in [0.717, 1.165) is 38.6 Å². The SMILES string of the molecule is CCc1c(F)ccc2cc(OCOC)cc(-c3ncc4c(N5CC6CC(C5)C(OCOC)C6)nc(OC[C@]56CCCN5[C@@H](OC(=O)N(C)CC)CC6)nc4c3F)c12. The van der Waals surface area contributed by atoms with E-state index in [4.69, 9.17) is 43.4 Å². The van der Waals surface area contributed by atoms with Crippen LogP contribution >= 0.6 is 0 Å². The molecular formula is C42H52F2N6O7. The number of hydrogen-bond donors (Lipinski definition) is 0. The molecule has 1 aliphatic carbocycles. The molecule has 13 nitrogen and oxygen atoms in total. The van der Waals surface area contributed by atoms with Crippen molar-refractivity contribution in [2.75, 3.05) is 72.5 Å². The van der Waals surface area contributed by atoms with Crippen LogP contribution in [0.25, 0.3) is 32.9 Å². The number of carbonyl (C=O) groups excluding carboxylic acids is 1. The molecule has 2 aromatic heterocycles. The van der Waals surface area contributed by atoms with Crippen molar-refractivity contribution in [2.45, 2.75) is 76.7 Å². The third-order valence-corrected chi connectivity index (χ3v) is 12.4. The normalized spacial score (nSPS) is 24.4. The van der Waals surface area contributed by atoms with Gasteiger partial charge >= 0.3 is 12.1 Å². The van der Waals surface area contributed by atoms with Gasteiger partial charge in [-0.1, -0.05) is 13.0 Å². The van der Waals surface area contributed by atoms with Crippen LogP contribution in [0.1, 0.15) is 57.9 Å². The second-order valence-corrected chi connectivity index (χ2v) is 15.8. The zero-order valence-electron chi connectivity index (χ0n) is 33.4. The van der Waals surface area contributed by atoms with Crippen LogP contribution in [-0.4, -0.2) is 116 Å². The molecule has 15 heteroatoms. The number of rotatable bonds is 14. The van der Waals surface area contributed by atoms with Gasteiger partial charge in [-0.05, 0) is 85.9 Å². The second-order valence-electron chi connectivity index (χ2n) is 15.8. The minimum atomic E-state index is -0.674. The summed E-state index contributed by atoms with van der Waals surface area (Å²) >= 11 is 0. The number of hydrogen-bond acceptors (Lipinski definition) is 12. The molecule has 0 spiro atoms. The molecule has 0 radical (unpaired) electrons. The van der Waals surface area contributed by atoms with Gasteiger partial charge in [-0.15, -0.1) is 0 Å². The molecule has 2 bridgehead atoms. The molecule has 57 heavy (non-hydrogen) atoms. The smallest absolute Gasteiger partial charge is 0.411 e. The number of methoxy groups -OCH3 is 2. The van der Waals surface area contributed by atoms with Crippen molar-refractivity contribution >= 4 is 33.6 Å². The van der Waals surface area contributed by atoms with Gasteiger partial charge in [-0.3, -0.25) is 9.88 Å². The number of nitrogens with zero attached hydrogens (tertiary/aromatic N) is 6. The number of benzene rings is 2.